The molecule has 2 aromatic carbocycles. The zero-order valence-corrected chi connectivity index (χ0v) is 22.1. The summed E-state index contributed by atoms with van der Waals surface area (Å²) < 4.78 is 0. The second-order valence-electron chi connectivity index (χ2n) is 13.0. The van der Waals surface area contributed by atoms with Crippen LogP contribution in [0.3, 0.4) is 0 Å². The predicted molar refractivity (Wildman–Crippen MR) is 145 cm³/mol. The molecule has 6 unspecified atom stereocenters. The van der Waals surface area contributed by atoms with Gasteiger partial charge < -0.3 is 5.32 Å². The molecule has 2 aromatic rings. The number of hydrogen-bond acceptors (Lipinski definition) is 1. The molecule has 1 N–H and O–H groups in total. The van der Waals surface area contributed by atoms with Crippen molar-refractivity contribution in [2.45, 2.75) is 85.1 Å². The highest BCUT2D eigenvalue weighted by Gasteiger charge is 2.56. The Hall–Kier alpha value is -1.60. The molecular weight excluding hydrogens is 410 g/mol. The number of benzene rings is 2. The Kier molecular flexibility index (Phi) is 6.95. The van der Waals surface area contributed by atoms with Crippen LogP contribution >= 0.6 is 0 Å². The second-order valence-corrected chi connectivity index (χ2v) is 13.0. The molecule has 34 heavy (non-hydrogen) atoms. The van der Waals surface area contributed by atoms with Gasteiger partial charge in [-0.25, -0.2) is 0 Å². The third-order valence-electron chi connectivity index (χ3n) is 10.7. The van der Waals surface area contributed by atoms with Gasteiger partial charge in [0.2, 0.25) is 0 Å². The first-order valence-electron chi connectivity index (χ1n) is 14.2. The van der Waals surface area contributed by atoms with Crippen LogP contribution in [-0.4, -0.2) is 6.54 Å². The Morgan fingerprint density at radius 2 is 1.47 bits per heavy atom. The van der Waals surface area contributed by atoms with Crippen molar-refractivity contribution in [3.8, 4) is 0 Å². The van der Waals surface area contributed by atoms with E-state index in [0.717, 1.165) is 36.1 Å². The summed E-state index contributed by atoms with van der Waals surface area (Å²) in [7, 11) is 0. The summed E-state index contributed by atoms with van der Waals surface area (Å²) in [5.74, 6) is 4.63. The maximum Gasteiger partial charge on any atom is 0.0576 e. The lowest BCUT2D eigenvalue weighted by atomic mass is 9.43. The maximum atomic E-state index is 4.11. The van der Waals surface area contributed by atoms with Gasteiger partial charge in [0.05, 0.1) is 6.04 Å². The van der Waals surface area contributed by atoms with E-state index in [4.69, 9.17) is 0 Å². The standard InChI is InChI=1S/C33H47N/c1-24(2)27-16-18-29-28(22-27)17-19-30-32(3,20-11-21-33(29,30)4)23-34-31(25-12-7-5-8-13-25)26-14-9-6-10-15-26/h5-10,12-15,24,27-31,34H,11,16-23H2,1-4H3. The van der Waals surface area contributed by atoms with Crippen LogP contribution < -0.4 is 5.32 Å². The van der Waals surface area contributed by atoms with E-state index in [1.54, 1.807) is 0 Å². The van der Waals surface area contributed by atoms with Gasteiger partial charge in [-0.1, -0.05) is 94.8 Å². The molecule has 3 aliphatic carbocycles. The van der Waals surface area contributed by atoms with E-state index in [-0.39, 0.29) is 6.04 Å². The van der Waals surface area contributed by atoms with Gasteiger partial charge in [-0.2, -0.15) is 0 Å². The predicted octanol–water partition coefficient (Wildman–Crippen LogP) is 8.66. The number of rotatable bonds is 6. The highest BCUT2D eigenvalue weighted by Crippen LogP contribution is 2.64. The minimum absolute atomic E-state index is 0.269. The molecule has 1 nitrogen and oxygen atoms in total. The Labute approximate surface area is 209 Å². The molecule has 0 amide bonds. The van der Waals surface area contributed by atoms with Crippen molar-refractivity contribution in [3.63, 3.8) is 0 Å². The summed E-state index contributed by atoms with van der Waals surface area (Å²) in [6.45, 7) is 11.4. The fourth-order valence-electron chi connectivity index (χ4n) is 8.88. The summed E-state index contributed by atoms with van der Waals surface area (Å²) in [6, 6.07) is 22.4. The monoisotopic (exact) mass is 457 g/mol. The van der Waals surface area contributed by atoms with Crippen molar-refractivity contribution in [2.24, 2.45) is 40.4 Å². The first kappa shape index (κ1) is 24.1. The SMILES string of the molecule is CC(C)C1CCC2C(CCC3C(C)(CNC(c4ccccc4)c4ccccc4)CCCC23C)C1. The van der Waals surface area contributed by atoms with E-state index in [1.165, 1.54) is 62.5 Å². The van der Waals surface area contributed by atoms with Gasteiger partial charge in [-0.3, -0.25) is 0 Å². The summed E-state index contributed by atoms with van der Waals surface area (Å²) in [6.07, 6.45) is 11.6. The van der Waals surface area contributed by atoms with Crippen molar-refractivity contribution >= 4 is 0 Å². The minimum atomic E-state index is 0.269. The Bertz CT molecular complexity index is 881. The van der Waals surface area contributed by atoms with Crippen LogP contribution in [0.1, 0.15) is 96.2 Å². The maximum absolute atomic E-state index is 4.11. The van der Waals surface area contributed by atoms with Gasteiger partial charge in [0.15, 0.2) is 0 Å². The van der Waals surface area contributed by atoms with Gasteiger partial charge in [0.25, 0.3) is 0 Å². The first-order valence-corrected chi connectivity index (χ1v) is 14.2. The van der Waals surface area contributed by atoms with Gasteiger partial charge in [0, 0.05) is 6.54 Å². The minimum Gasteiger partial charge on any atom is -0.306 e. The Balaban J connectivity index is 1.36. The van der Waals surface area contributed by atoms with Gasteiger partial charge in [0.1, 0.15) is 0 Å². The van der Waals surface area contributed by atoms with E-state index in [1.807, 2.05) is 0 Å². The molecule has 6 atom stereocenters. The van der Waals surface area contributed by atoms with Crippen LogP contribution in [0.25, 0.3) is 0 Å². The summed E-state index contributed by atoms with van der Waals surface area (Å²) >= 11 is 0. The number of fused-ring (bicyclic) bond motifs is 3. The van der Waals surface area contributed by atoms with E-state index < -0.39 is 0 Å². The lowest BCUT2D eigenvalue weighted by molar-refractivity contribution is -0.122. The normalized spacial score (nSPS) is 35.7. The molecule has 0 heterocycles. The van der Waals surface area contributed by atoms with Crippen LogP contribution in [0.15, 0.2) is 60.7 Å². The smallest absolute Gasteiger partial charge is 0.0576 e. The molecule has 0 aromatic heterocycles. The largest absolute Gasteiger partial charge is 0.306 e. The lowest BCUT2D eigenvalue weighted by Crippen LogP contribution is -2.56. The van der Waals surface area contributed by atoms with Crippen molar-refractivity contribution in [1.29, 1.82) is 0 Å². The van der Waals surface area contributed by atoms with Crippen LogP contribution in [-0.2, 0) is 0 Å². The number of nitrogens with one attached hydrogen (secondary N) is 1. The highest BCUT2D eigenvalue weighted by molar-refractivity contribution is 5.31. The average Bonchev–Trinajstić information content (AvgIpc) is 2.85. The molecule has 3 saturated carbocycles. The van der Waals surface area contributed by atoms with E-state index in [2.05, 4.69) is 93.7 Å². The lowest BCUT2D eigenvalue weighted by Gasteiger charge is -2.62. The highest BCUT2D eigenvalue weighted by atomic mass is 14.9. The summed E-state index contributed by atoms with van der Waals surface area (Å²) in [5, 5.41) is 4.11. The van der Waals surface area contributed by atoms with Crippen molar-refractivity contribution in [1.82, 2.24) is 5.32 Å². The molecule has 0 radical (unpaired) electrons. The van der Waals surface area contributed by atoms with E-state index >= 15 is 0 Å². The van der Waals surface area contributed by atoms with Crippen molar-refractivity contribution in [3.05, 3.63) is 71.8 Å². The van der Waals surface area contributed by atoms with E-state index in [9.17, 15) is 0 Å². The summed E-state index contributed by atoms with van der Waals surface area (Å²) in [4.78, 5) is 0. The zero-order valence-electron chi connectivity index (χ0n) is 22.1. The van der Waals surface area contributed by atoms with Gasteiger partial charge in [-0.05, 0) is 96.5 Å². The molecule has 1 heteroatoms. The van der Waals surface area contributed by atoms with E-state index in [0.29, 0.717) is 10.8 Å². The molecule has 0 bridgehead atoms. The quantitative estimate of drug-likeness (QED) is 0.457. The van der Waals surface area contributed by atoms with Crippen LogP contribution in [0, 0.1) is 40.4 Å². The molecule has 3 aliphatic rings. The molecule has 0 aliphatic heterocycles. The van der Waals surface area contributed by atoms with Crippen molar-refractivity contribution < 1.29 is 0 Å². The van der Waals surface area contributed by atoms with Crippen LogP contribution in [0.4, 0.5) is 0 Å². The fourth-order valence-corrected chi connectivity index (χ4v) is 8.88. The fraction of sp³-hybridized carbons (Fsp3) is 0.636. The van der Waals surface area contributed by atoms with Crippen LogP contribution in [0.5, 0.6) is 0 Å². The average molecular weight is 458 g/mol. The third kappa shape index (κ3) is 4.50. The molecule has 184 valence electrons. The van der Waals surface area contributed by atoms with Crippen molar-refractivity contribution in [2.75, 3.05) is 6.54 Å². The van der Waals surface area contributed by atoms with Gasteiger partial charge in [-0.15, -0.1) is 0 Å². The molecule has 0 spiro atoms. The van der Waals surface area contributed by atoms with Crippen LogP contribution in [0.2, 0.25) is 0 Å². The second kappa shape index (κ2) is 9.81. The Morgan fingerprint density at radius 1 is 0.824 bits per heavy atom. The first-order chi connectivity index (χ1) is 16.4. The van der Waals surface area contributed by atoms with Gasteiger partial charge >= 0.3 is 0 Å². The topological polar surface area (TPSA) is 12.0 Å². The molecular formula is C33H47N. The number of hydrogen-bond donors (Lipinski definition) is 1. The Morgan fingerprint density at radius 3 is 2.09 bits per heavy atom. The summed E-state index contributed by atoms with van der Waals surface area (Å²) in [5.41, 5.74) is 3.68. The molecule has 3 fully saturated rings. The third-order valence-corrected chi connectivity index (χ3v) is 10.7. The zero-order chi connectivity index (χ0) is 23.8. The molecule has 5 rings (SSSR count). The molecule has 0 saturated heterocycles.